The lowest BCUT2D eigenvalue weighted by atomic mass is 10.2. The Balaban J connectivity index is 1.35. The minimum absolute atomic E-state index is 0.241. The molecule has 0 spiro atoms. The van der Waals surface area contributed by atoms with E-state index in [1.54, 1.807) is 54.7 Å². The molecule has 0 fully saturated rings. The zero-order chi connectivity index (χ0) is 31.4. The summed E-state index contributed by atoms with van der Waals surface area (Å²) >= 11 is 0. The molecule has 0 bridgehead atoms. The minimum atomic E-state index is -0.488. The zero-order valence-electron chi connectivity index (χ0n) is 24.7. The quantitative estimate of drug-likeness (QED) is 0.0485. The van der Waals surface area contributed by atoms with Crippen LogP contribution in [0, 0.1) is 0 Å². The van der Waals surface area contributed by atoms with Crippen molar-refractivity contribution in [2.24, 2.45) is 4.99 Å². The van der Waals surface area contributed by atoms with E-state index < -0.39 is 11.9 Å². The fourth-order valence-electron chi connectivity index (χ4n) is 3.71. The molecule has 0 saturated heterocycles. The van der Waals surface area contributed by atoms with Gasteiger partial charge in [-0.05, 0) is 104 Å². The monoisotopic (exact) mass is 599 g/mol. The molecule has 230 valence electrons. The first-order valence-electron chi connectivity index (χ1n) is 14.4. The average Bonchev–Trinajstić information content (AvgIpc) is 3.06. The number of nitrogens with zero attached hydrogens (tertiary/aromatic N) is 1. The first kappa shape index (κ1) is 33.3. The second kappa shape index (κ2) is 19.1. The Hall–Kier alpha value is -5.18. The van der Waals surface area contributed by atoms with Crippen molar-refractivity contribution in [1.82, 2.24) is 0 Å². The van der Waals surface area contributed by atoms with Crippen LogP contribution in [-0.2, 0) is 19.1 Å². The first-order chi connectivity index (χ1) is 21.5. The number of carbonyl (C=O) groups excluding carboxylic acids is 3. The summed E-state index contributed by atoms with van der Waals surface area (Å²) < 4.78 is 26.7. The van der Waals surface area contributed by atoms with E-state index in [1.165, 1.54) is 6.08 Å². The normalized spacial score (nSPS) is 10.5. The van der Waals surface area contributed by atoms with Crippen LogP contribution in [0.2, 0.25) is 0 Å². The Morgan fingerprint density at radius 2 is 1.09 bits per heavy atom. The molecule has 9 heteroatoms. The molecule has 0 heterocycles. The Morgan fingerprint density at radius 3 is 1.68 bits per heavy atom. The standard InChI is InChI=1S/C35H37NO8/c1-3-33(37)42-23-8-6-5-7-22-40-30-16-10-27(11-17-30)26-36-29-14-20-32(21-15-29)44-35(39)28-12-18-31(19-13-28)41-24-9-25-43-34(38)4-2/h3-4,10-21,26H,1-2,5-9,22-25H2. The number of aliphatic imine (C=N–C) groups is 1. The molecule has 0 radical (unpaired) electrons. The predicted molar refractivity (Wildman–Crippen MR) is 168 cm³/mol. The third-order valence-corrected chi connectivity index (χ3v) is 6.07. The van der Waals surface area contributed by atoms with Crippen molar-refractivity contribution in [3.63, 3.8) is 0 Å². The second-order valence-corrected chi connectivity index (χ2v) is 9.44. The molecule has 0 saturated carbocycles. The lowest BCUT2D eigenvalue weighted by Gasteiger charge is -2.08. The van der Waals surface area contributed by atoms with E-state index in [-0.39, 0.29) is 12.6 Å². The highest BCUT2D eigenvalue weighted by molar-refractivity contribution is 5.91. The fourth-order valence-corrected chi connectivity index (χ4v) is 3.71. The average molecular weight is 600 g/mol. The summed E-state index contributed by atoms with van der Waals surface area (Å²) in [4.78, 5) is 39.0. The summed E-state index contributed by atoms with van der Waals surface area (Å²) in [7, 11) is 0. The third kappa shape index (κ3) is 12.8. The van der Waals surface area contributed by atoms with Gasteiger partial charge in [0.1, 0.15) is 17.2 Å². The van der Waals surface area contributed by atoms with Gasteiger partial charge in [-0.15, -0.1) is 0 Å². The molecule has 0 aromatic heterocycles. The van der Waals surface area contributed by atoms with E-state index in [0.717, 1.165) is 43.1 Å². The summed E-state index contributed by atoms with van der Waals surface area (Å²) in [5.74, 6) is 0.449. The van der Waals surface area contributed by atoms with Crippen molar-refractivity contribution in [2.75, 3.05) is 26.4 Å². The highest BCUT2D eigenvalue weighted by atomic mass is 16.5. The molecule has 0 aliphatic heterocycles. The number of unbranched alkanes of at least 4 members (excludes halogenated alkanes) is 3. The maximum Gasteiger partial charge on any atom is 0.343 e. The SMILES string of the molecule is C=CC(=O)OCCCCCCOc1ccc(C=Nc2ccc(OC(=O)c3ccc(OCCCOC(=O)C=C)cc3)cc2)cc1. The van der Waals surface area contributed by atoms with Gasteiger partial charge in [0, 0.05) is 24.8 Å². The number of rotatable bonds is 19. The van der Waals surface area contributed by atoms with Crippen molar-refractivity contribution in [1.29, 1.82) is 0 Å². The predicted octanol–water partition coefficient (Wildman–Crippen LogP) is 6.82. The van der Waals surface area contributed by atoms with E-state index in [1.807, 2.05) is 24.3 Å². The molecular weight excluding hydrogens is 562 g/mol. The van der Waals surface area contributed by atoms with Gasteiger partial charge in [-0.3, -0.25) is 4.99 Å². The lowest BCUT2D eigenvalue weighted by Crippen LogP contribution is -2.09. The van der Waals surface area contributed by atoms with Gasteiger partial charge in [0.2, 0.25) is 0 Å². The van der Waals surface area contributed by atoms with Crippen molar-refractivity contribution in [3.05, 3.63) is 109 Å². The molecule has 0 amide bonds. The number of esters is 3. The number of hydrogen-bond acceptors (Lipinski definition) is 9. The molecule has 3 aromatic carbocycles. The summed E-state index contributed by atoms with van der Waals surface area (Å²) in [5.41, 5.74) is 2.02. The van der Waals surface area contributed by atoms with Gasteiger partial charge in [-0.25, -0.2) is 14.4 Å². The van der Waals surface area contributed by atoms with Crippen LogP contribution in [0.25, 0.3) is 0 Å². The molecule has 44 heavy (non-hydrogen) atoms. The van der Waals surface area contributed by atoms with Crippen LogP contribution in [0.5, 0.6) is 17.2 Å². The summed E-state index contributed by atoms with van der Waals surface area (Å²) in [6.45, 7) is 8.35. The molecule has 0 aliphatic rings. The third-order valence-electron chi connectivity index (χ3n) is 6.07. The highest BCUT2D eigenvalue weighted by Gasteiger charge is 2.09. The topological polar surface area (TPSA) is 110 Å². The smallest absolute Gasteiger partial charge is 0.343 e. The van der Waals surface area contributed by atoms with E-state index in [9.17, 15) is 14.4 Å². The summed E-state index contributed by atoms with van der Waals surface area (Å²) in [6, 6.07) is 21.2. The van der Waals surface area contributed by atoms with Crippen LogP contribution in [-0.4, -0.2) is 50.6 Å². The molecule has 0 atom stereocenters. The fraction of sp³-hybridized carbons (Fsp3) is 0.257. The Labute approximate surface area is 257 Å². The van der Waals surface area contributed by atoms with Crippen molar-refractivity contribution in [2.45, 2.75) is 32.1 Å². The number of hydrogen-bond donors (Lipinski definition) is 0. The number of carbonyl (C=O) groups is 3. The maximum absolute atomic E-state index is 12.5. The second-order valence-electron chi connectivity index (χ2n) is 9.44. The molecule has 3 rings (SSSR count). The highest BCUT2D eigenvalue weighted by Crippen LogP contribution is 2.21. The van der Waals surface area contributed by atoms with Gasteiger partial charge in [0.05, 0.1) is 37.7 Å². The van der Waals surface area contributed by atoms with Crippen LogP contribution in [0.1, 0.15) is 48.0 Å². The molecule has 3 aromatic rings. The molecule has 9 nitrogen and oxygen atoms in total. The van der Waals surface area contributed by atoms with Crippen molar-refractivity contribution in [3.8, 4) is 17.2 Å². The van der Waals surface area contributed by atoms with Crippen LogP contribution < -0.4 is 14.2 Å². The van der Waals surface area contributed by atoms with Gasteiger partial charge in [0.25, 0.3) is 0 Å². The van der Waals surface area contributed by atoms with Crippen LogP contribution in [0.3, 0.4) is 0 Å². The Morgan fingerprint density at radius 1 is 0.591 bits per heavy atom. The van der Waals surface area contributed by atoms with Gasteiger partial charge in [-0.1, -0.05) is 13.2 Å². The first-order valence-corrected chi connectivity index (χ1v) is 14.4. The summed E-state index contributed by atoms with van der Waals surface area (Å²) in [5, 5.41) is 0. The number of benzene rings is 3. The molecule has 0 unspecified atom stereocenters. The van der Waals surface area contributed by atoms with Crippen LogP contribution in [0.15, 0.2) is 103 Å². The number of ether oxygens (including phenoxy) is 5. The van der Waals surface area contributed by atoms with E-state index in [2.05, 4.69) is 18.2 Å². The largest absolute Gasteiger partial charge is 0.494 e. The Kier molecular flexibility index (Phi) is 14.5. The molecular formula is C35H37NO8. The van der Waals surface area contributed by atoms with Gasteiger partial charge in [0.15, 0.2) is 0 Å². The van der Waals surface area contributed by atoms with Crippen LogP contribution >= 0.6 is 0 Å². The van der Waals surface area contributed by atoms with E-state index in [0.29, 0.717) is 49.0 Å². The van der Waals surface area contributed by atoms with Crippen LogP contribution in [0.4, 0.5) is 5.69 Å². The van der Waals surface area contributed by atoms with Crippen molar-refractivity contribution < 1.29 is 38.1 Å². The molecule has 0 N–H and O–H groups in total. The van der Waals surface area contributed by atoms with E-state index in [4.69, 9.17) is 23.7 Å². The van der Waals surface area contributed by atoms with Crippen molar-refractivity contribution >= 4 is 29.8 Å². The summed E-state index contributed by atoms with van der Waals surface area (Å²) in [6.07, 6.45) is 8.28. The zero-order valence-corrected chi connectivity index (χ0v) is 24.7. The van der Waals surface area contributed by atoms with Gasteiger partial charge in [-0.2, -0.15) is 0 Å². The molecule has 0 aliphatic carbocycles. The van der Waals surface area contributed by atoms with Gasteiger partial charge < -0.3 is 23.7 Å². The minimum Gasteiger partial charge on any atom is -0.494 e. The lowest BCUT2D eigenvalue weighted by molar-refractivity contribution is -0.138. The Bertz CT molecular complexity index is 1380. The van der Waals surface area contributed by atoms with Gasteiger partial charge >= 0.3 is 17.9 Å². The maximum atomic E-state index is 12.5. The van der Waals surface area contributed by atoms with E-state index >= 15 is 0 Å².